The summed E-state index contributed by atoms with van der Waals surface area (Å²) in [5.41, 5.74) is 8.34. The summed E-state index contributed by atoms with van der Waals surface area (Å²) < 4.78 is 1.68. The lowest BCUT2D eigenvalue weighted by Crippen LogP contribution is -2.54. The van der Waals surface area contributed by atoms with Gasteiger partial charge < -0.3 is 16.0 Å². The third-order valence-electron chi connectivity index (χ3n) is 7.35. The lowest BCUT2D eigenvalue weighted by molar-refractivity contribution is -0.127. The van der Waals surface area contributed by atoms with Crippen LogP contribution in [0, 0.1) is 6.92 Å². The second-order valence-corrected chi connectivity index (χ2v) is 11.2. The molecule has 0 radical (unpaired) electrons. The van der Waals surface area contributed by atoms with E-state index in [1.807, 2.05) is 82.0 Å². The van der Waals surface area contributed by atoms with Crippen molar-refractivity contribution in [3.05, 3.63) is 69.9 Å². The molecule has 2 aromatic carbocycles. The SMILES string of the molecule is Cc1ccc2c(c1)[C@@]1(CC(=O)Nc3c1nnn3[C@@H](C)c1ccc(Cl)cc1)C(=O)N2C(C)(C)CC(C)N. The minimum absolute atomic E-state index is 0.0337. The van der Waals surface area contributed by atoms with Crippen LogP contribution in [0.4, 0.5) is 11.5 Å². The van der Waals surface area contributed by atoms with Gasteiger partial charge in [0.05, 0.1) is 12.5 Å². The molecule has 2 amide bonds. The van der Waals surface area contributed by atoms with Crippen LogP contribution in [0.2, 0.25) is 5.02 Å². The van der Waals surface area contributed by atoms with E-state index in [0.29, 0.717) is 23.0 Å². The minimum atomic E-state index is -1.26. The Morgan fingerprint density at radius 2 is 1.86 bits per heavy atom. The molecule has 1 spiro atoms. The number of anilines is 2. The molecule has 8 nitrogen and oxygen atoms in total. The van der Waals surface area contributed by atoms with E-state index < -0.39 is 11.0 Å². The number of aromatic nitrogens is 3. The molecule has 3 N–H and O–H groups in total. The fraction of sp³-hybridized carbons (Fsp3) is 0.407. The summed E-state index contributed by atoms with van der Waals surface area (Å²) in [6, 6.07) is 13.1. The van der Waals surface area contributed by atoms with Crippen molar-refractivity contribution in [2.24, 2.45) is 5.73 Å². The minimum Gasteiger partial charge on any atom is -0.328 e. The van der Waals surface area contributed by atoms with E-state index in [1.165, 1.54) is 0 Å². The number of nitrogens with two attached hydrogens (primary N) is 1. The summed E-state index contributed by atoms with van der Waals surface area (Å²) in [5.74, 6) is 0.0272. The Bertz CT molecular complexity index is 1360. The molecule has 0 aliphatic carbocycles. The number of nitrogens with one attached hydrogen (secondary N) is 1. The number of amides is 2. The van der Waals surface area contributed by atoms with Gasteiger partial charge in [0.1, 0.15) is 11.1 Å². The predicted octanol–water partition coefficient (Wildman–Crippen LogP) is 4.34. The van der Waals surface area contributed by atoms with Crippen LogP contribution in [0.25, 0.3) is 0 Å². The number of rotatable bonds is 5. The molecule has 2 aliphatic heterocycles. The maximum atomic E-state index is 14.5. The number of hydrogen-bond donors (Lipinski definition) is 2. The van der Waals surface area contributed by atoms with Gasteiger partial charge in [-0.25, -0.2) is 4.68 Å². The third kappa shape index (κ3) is 3.62. The Hall–Kier alpha value is -3.23. The highest BCUT2D eigenvalue weighted by atomic mass is 35.5. The van der Waals surface area contributed by atoms with Crippen LogP contribution in [0.1, 0.15) is 69.0 Å². The van der Waals surface area contributed by atoms with Gasteiger partial charge >= 0.3 is 0 Å². The van der Waals surface area contributed by atoms with Crippen LogP contribution >= 0.6 is 11.6 Å². The second kappa shape index (κ2) is 8.42. The van der Waals surface area contributed by atoms with Gasteiger partial charge in [-0.3, -0.25) is 9.59 Å². The van der Waals surface area contributed by atoms with Crippen molar-refractivity contribution in [2.45, 2.75) is 70.5 Å². The number of hydrogen-bond acceptors (Lipinski definition) is 5. The van der Waals surface area contributed by atoms with Crippen LogP contribution in [0.15, 0.2) is 42.5 Å². The van der Waals surface area contributed by atoms with Crippen molar-refractivity contribution in [2.75, 3.05) is 10.2 Å². The summed E-state index contributed by atoms with van der Waals surface area (Å²) in [5, 5.41) is 12.6. The first-order valence-electron chi connectivity index (χ1n) is 12.2. The van der Waals surface area contributed by atoms with Crippen molar-refractivity contribution in [3.63, 3.8) is 0 Å². The topological polar surface area (TPSA) is 106 Å². The summed E-state index contributed by atoms with van der Waals surface area (Å²) >= 11 is 6.07. The number of halogens is 1. The number of carbonyl (C=O) groups excluding carboxylic acids is 2. The number of nitrogens with zero attached hydrogens (tertiary/aromatic N) is 4. The normalized spacial score (nSPS) is 20.8. The van der Waals surface area contributed by atoms with E-state index in [9.17, 15) is 9.59 Å². The Labute approximate surface area is 215 Å². The van der Waals surface area contributed by atoms with E-state index in [2.05, 4.69) is 15.6 Å². The molecule has 3 aromatic rings. The van der Waals surface area contributed by atoms with Gasteiger partial charge in [-0.05, 0) is 70.4 Å². The molecule has 0 saturated heterocycles. The van der Waals surface area contributed by atoms with Gasteiger partial charge in [-0.1, -0.05) is 46.6 Å². The van der Waals surface area contributed by atoms with E-state index in [1.54, 1.807) is 4.68 Å². The first kappa shape index (κ1) is 24.5. The van der Waals surface area contributed by atoms with Gasteiger partial charge in [-0.2, -0.15) is 0 Å². The largest absolute Gasteiger partial charge is 0.328 e. The molecule has 0 fully saturated rings. The number of aryl methyl sites for hydroxylation is 1. The second-order valence-electron chi connectivity index (χ2n) is 10.7. The molecular weight excluding hydrogens is 476 g/mol. The third-order valence-corrected chi connectivity index (χ3v) is 7.60. The summed E-state index contributed by atoms with van der Waals surface area (Å²) in [4.78, 5) is 29.5. The highest BCUT2D eigenvalue weighted by molar-refractivity contribution is 6.30. The molecule has 1 aromatic heterocycles. The number of benzene rings is 2. The van der Waals surface area contributed by atoms with Gasteiger partial charge in [0.2, 0.25) is 11.8 Å². The van der Waals surface area contributed by atoms with Crippen LogP contribution in [0.3, 0.4) is 0 Å². The first-order valence-corrected chi connectivity index (χ1v) is 12.6. The van der Waals surface area contributed by atoms with Crippen LogP contribution in [-0.4, -0.2) is 38.4 Å². The van der Waals surface area contributed by atoms with Gasteiger partial charge in [0.25, 0.3) is 0 Å². The van der Waals surface area contributed by atoms with Gasteiger partial charge in [0.15, 0.2) is 5.82 Å². The Morgan fingerprint density at radius 3 is 2.53 bits per heavy atom. The summed E-state index contributed by atoms with van der Waals surface area (Å²) in [6.45, 7) is 9.92. The molecule has 5 rings (SSSR count). The van der Waals surface area contributed by atoms with Crippen molar-refractivity contribution < 1.29 is 9.59 Å². The highest BCUT2D eigenvalue weighted by Gasteiger charge is 2.60. The average Bonchev–Trinajstić information content (AvgIpc) is 3.31. The number of fused-ring (bicyclic) bond motifs is 4. The average molecular weight is 507 g/mol. The standard InChI is InChI=1S/C27H31ClN6O2/c1-15-6-11-21-20(12-15)27(25(36)33(21)26(4,5)13-16(2)29)14-22(35)30-24-23(27)31-32-34(24)17(3)18-7-9-19(28)10-8-18/h6-12,16-17H,13-14,29H2,1-5H3,(H,30,35)/t16?,17-,27+/m0/s1. The van der Waals surface area contributed by atoms with Crippen LogP contribution in [-0.2, 0) is 15.0 Å². The van der Waals surface area contributed by atoms with Gasteiger partial charge in [-0.15, -0.1) is 5.10 Å². The molecule has 188 valence electrons. The molecule has 0 bridgehead atoms. The Morgan fingerprint density at radius 1 is 1.17 bits per heavy atom. The van der Waals surface area contributed by atoms with Crippen molar-refractivity contribution in [1.29, 1.82) is 0 Å². The molecule has 36 heavy (non-hydrogen) atoms. The zero-order valence-corrected chi connectivity index (χ0v) is 21.9. The van der Waals surface area contributed by atoms with Crippen LogP contribution in [0.5, 0.6) is 0 Å². The zero-order chi connectivity index (χ0) is 26.0. The molecule has 2 aliphatic rings. The number of carbonyl (C=O) groups is 2. The molecule has 3 heterocycles. The van der Waals surface area contributed by atoms with Crippen molar-refractivity contribution >= 4 is 34.9 Å². The molecule has 9 heteroatoms. The molecule has 3 atom stereocenters. The predicted molar refractivity (Wildman–Crippen MR) is 140 cm³/mol. The van der Waals surface area contributed by atoms with E-state index in [0.717, 1.165) is 22.4 Å². The fourth-order valence-electron chi connectivity index (χ4n) is 5.83. The van der Waals surface area contributed by atoms with E-state index in [-0.39, 0.29) is 30.3 Å². The lowest BCUT2D eigenvalue weighted by atomic mass is 9.73. The fourth-order valence-corrected chi connectivity index (χ4v) is 5.96. The smallest absolute Gasteiger partial charge is 0.245 e. The van der Waals surface area contributed by atoms with E-state index >= 15 is 0 Å². The Balaban J connectivity index is 1.70. The molecule has 1 unspecified atom stereocenters. The highest BCUT2D eigenvalue weighted by Crippen LogP contribution is 2.54. The first-order chi connectivity index (χ1) is 17.0. The summed E-state index contributed by atoms with van der Waals surface area (Å²) in [7, 11) is 0. The molecular formula is C27H31ClN6O2. The molecule has 0 saturated carbocycles. The summed E-state index contributed by atoms with van der Waals surface area (Å²) in [6.07, 6.45) is 0.565. The lowest BCUT2D eigenvalue weighted by Gasteiger charge is -2.39. The maximum Gasteiger partial charge on any atom is 0.245 e. The monoisotopic (exact) mass is 506 g/mol. The van der Waals surface area contributed by atoms with Gasteiger partial charge in [0, 0.05) is 22.3 Å². The van der Waals surface area contributed by atoms with Crippen molar-refractivity contribution in [1.82, 2.24) is 15.0 Å². The zero-order valence-electron chi connectivity index (χ0n) is 21.2. The quantitative estimate of drug-likeness (QED) is 0.535. The van der Waals surface area contributed by atoms with E-state index in [4.69, 9.17) is 17.3 Å². The van der Waals surface area contributed by atoms with Crippen LogP contribution < -0.4 is 16.0 Å². The maximum absolute atomic E-state index is 14.5. The Kier molecular flexibility index (Phi) is 5.72. The van der Waals surface area contributed by atoms with Crippen molar-refractivity contribution in [3.8, 4) is 0 Å².